The highest BCUT2D eigenvalue weighted by Crippen LogP contribution is 2.52. The van der Waals surface area contributed by atoms with Gasteiger partial charge in [0.2, 0.25) is 5.91 Å². The first kappa shape index (κ1) is 34.6. The first-order chi connectivity index (χ1) is 22.8. The highest BCUT2D eigenvalue weighted by Gasteiger charge is 2.48. The number of amides is 2. The summed E-state index contributed by atoms with van der Waals surface area (Å²) in [5.41, 5.74) is 6.95. The number of ether oxygens (including phenoxy) is 4. The van der Waals surface area contributed by atoms with Gasteiger partial charge in [-0.05, 0) is 55.6 Å². The van der Waals surface area contributed by atoms with Crippen LogP contribution in [-0.2, 0) is 14.3 Å². The molecule has 48 heavy (non-hydrogen) atoms. The summed E-state index contributed by atoms with van der Waals surface area (Å²) in [5.74, 6) is 1.49. The topological polar surface area (TPSA) is 164 Å². The number of carbonyl (C=O) groups is 2. The van der Waals surface area contributed by atoms with Gasteiger partial charge in [0.1, 0.15) is 52.1 Å². The van der Waals surface area contributed by atoms with Gasteiger partial charge in [-0.3, -0.25) is 9.97 Å². The van der Waals surface area contributed by atoms with Gasteiger partial charge in [-0.15, -0.1) is 11.3 Å². The highest BCUT2D eigenvalue weighted by atomic mass is 35.5. The Morgan fingerprint density at radius 1 is 1.15 bits per heavy atom. The fraction of sp³-hybridized carbons (Fsp3) is 0.576. The number of hydrogen-bond donors (Lipinski definition) is 2. The van der Waals surface area contributed by atoms with Crippen LogP contribution in [0.5, 0.6) is 11.5 Å². The predicted molar refractivity (Wildman–Crippen MR) is 181 cm³/mol. The average Bonchev–Trinajstić information content (AvgIpc) is 3.35. The molecule has 0 spiro atoms. The lowest BCUT2D eigenvalue weighted by Gasteiger charge is -2.50. The van der Waals surface area contributed by atoms with Crippen LogP contribution in [0.25, 0.3) is 21.6 Å². The van der Waals surface area contributed by atoms with Crippen LogP contribution in [0, 0.1) is 29.4 Å². The normalized spacial score (nSPS) is 24.5. The number of alkyl carbamates (subject to hydrolysis) is 1. The summed E-state index contributed by atoms with van der Waals surface area (Å²) in [4.78, 5) is 35.1. The standard InChI is InChI=1S/C33H42ClN6O7S/c1-17-16-48-30(36-17)23-14-26(22-6-7-25(45-9-8-44-5)27(34)28(22)37-23)46-21-13-24(29(35)41)39(15-21)40(43)31(33(2,3)4)38-32(42)47-20-11-18-10-19(18)12-20/h6-7,14,16,18-21,24,31H,8-13,15H2,1-5H3,(H2,35,41)(H,38,42)/q-1/t18-,19+,20?,21-,24+,31-/m1/s1. The van der Waals surface area contributed by atoms with Gasteiger partial charge in [0.25, 0.3) is 0 Å². The van der Waals surface area contributed by atoms with Gasteiger partial charge in [-0.25, -0.2) is 19.8 Å². The monoisotopic (exact) mass is 701 g/mol. The number of hydroxylamine groups is 1. The summed E-state index contributed by atoms with van der Waals surface area (Å²) < 4.78 is 23.1. The predicted octanol–water partition coefficient (Wildman–Crippen LogP) is 5.26. The van der Waals surface area contributed by atoms with Gasteiger partial charge >= 0.3 is 6.09 Å². The van der Waals surface area contributed by atoms with E-state index >= 15 is 0 Å². The van der Waals surface area contributed by atoms with Crippen molar-refractivity contribution in [1.29, 1.82) is 0 Å². The van der Waals surface area contributed by atoms with Crippen LogP contribution in [0.1, 0.15) is 52.1 Å². The Balaban J connectivity index is 1.25. The third-order valence-corrected chi connectivity index (χ3v) is 10.5. The summed E-state index contributed by atoms with van der Waals surface area (Å²) in [7, 11) is 1.59. The summed E-state index contributed by atoms with van der Waals surface area (Å²) in [6, 6.07) is 4.35. The molecule has 2 amide bonds. The number of carbonyl (C=O) groups excluding carboxylic acids is 2. The van der Waals surface area contributed by atoms with Crippen LogP contribution in [0.3, 0.4) is 0 Å². The van der Waals surface area contributed by atoms with E-state index in [4.69, 9.17) is 41.3 Å². The summed E-state index contributed by atoms with van der Waals surface area (Å²) >= 11 is 8.26. The minimum atomic E-state index is -1.04. The van der Waals surface area contributed by atoms with E-state index in [1.165, 1.54) is 22.8 Å². The van der Waals surface area contributed by atoms with Gasteiger partial charge in [0.15, 0.2) is 0 Å². The third kappa shape index (κ3) is 7.48. The molecule has 3 N–H and O–H groups in total. The molecule has 13 nitrogen and oxygen atoms in total. The van der Waals surface area contributed by atoms with Crippen molar-refractivity contribution >= 4 is 45.8 Å². The summed E-state index contributed by atoms with van der Waals surface area (Å²) in [6.07, 6.45) is 0.591. The van der Waals surface area contributed by atoms with E-state index in [9.17, 15) is 14.8 Å². The van der Waals surface area contributed by atoms with E-state index in [0.717, 1.165) is 18.5 Å². The maximum absolute atomic E-state index is 14.0. The van der Waals surface area contributed by atoms with Gasteiger partial charge in [-0.1, -0.05) is 32.4 Å². The first-order valence-corrected chi connectivity index (χ1v) is 17.4. The largest absolute Gasteiger partial charge is 0.770 e. The number of pyridine rings is 1. The van der Waals surface area contributed by atoms with Crippen molar-refractivity contribution in [3.05, 3.63) is 39.5 Å². The molecule has 3 aliphatic rings. The molecule has 3 fully saturated rings. The number of nitrogens with two attached hydrogens (primary N) is 1. The fourth-order valence-corrected chi connectivity index (χ4v) is 7.58. The number of primary amides is 1. The Morgan fingerprint density at radius 3 is 2.54 bits per heavy atom. The van der Waals surface area contributed by atoms with Crippen LogP contribution >= 0.6 is 22.9 Å². The molecular weight excluding hydrogens is 660 g/mol. The number of rotatable bonds is 12. The fourth-order valence-electron chi connectivity index (χ4n) is 6.56. The van der Waals surface area contributed by atoms with Crippen molar-refractivity contribution in [1.82, 2.24) is 25.5 Å². The molecule has 1 aromatic carbocycles. The van der Waals surface area contributed by atoms with Crippen molar-refractivity contribution in [2.75, 3.05) is 26.9 Å². The lowest BCUT2D eigenvalue weighted by molar-refractivity contribution is -0.132. The zero-order valence-electron chi connectivity index (χ0n) is 27.7. The average molecular weight is 702 g/mol. The highest BCUT2D eigenvalue weighted by molar-refractivity contribution is 7.13. The van der Waals surface area contributed by atoms with Crippen LogP contribution in [0.15, 0.2) is 23.6 Å². The number of benzene rings is 1. The summed E-state index contributed by atoms with van der Waals surface area (Å²) in [6.45, 7) is 8.12. The number of nitrogens with zero attached hydrogens (tertiary/aromatic N) is 4. The molecule has 2 aromatic heterocycles. The Kier molecular flexibility index (Phi) is 10.0. The Hall–Kier alpha value is -3.27. The lowest BCUT2D eigenvalue weighted by Crippen LogP contribution is -2.61. The number of halogens is 1. The molecule has 6 atom stereocenters. The van der Waals surface area contributed by atoms with Crippen LogP contribution in [-0.4, -0.2) is 83.4 Å². The van der Waals surface area contributed by atoms with Crippen molar-refractivity contribution in [2.45, 2.75) is 77.8 Å². The third-order valence-electron chi connectivity index (χ3n) is 9.11. The molecule has 6 rings (SSSR count). The second-order valence-corrected chi connectivity index (χ2v) is 15.1. The molecule has 3 heterocycles. The van der Waals surface area contributed by atoms with E-state index < -0.39 is 35.7 Å². The maximum Gasteiger partial charge on any atom is 0.408 e. The molecule has 0 bridgehead atoms. The Morgan fingerprint density at radius 2 is 1.90 bits per heavy atom. The number of aryl methyl sites for hydroxylation is 1. The molecule has 3 aromatic rings. The maximum atomic E-state index is 14.0. The molecular formula is C33H42ClN6O7S-. The number of hydrogen-bond acceptors (Lipinski definition) is 12. The van der Waals surface area contributed by atoms with Gasteiger partial charge in [0, 0.05) is 36.1 Å². The lowest BCUT2D eigenvalue weighted by atomic mass is 9.92. The minimum absolute atomic E-state index is 0.0356. The zero-order valence-corrected chi connectivity index (χ0v) is 29.3. The molecule has 2 aliphatic carbocycles. The van der Waals surface area contributed by atoms with Gasteiger partial charge in [-0.2, -0.15) is 0 Å². The molecule has 260 valence electrons. The summed E-state index contributed by atoms with van der Waals surface area (Å²) in [5, 5.41) is 22.3. The number of methoxy groups -OCH3 is 1. The quantitative estimate of drug-likeness (QED) is 0.144. The second-order valence-electron chi connectivity index (χ2n) is 13.9. The van der Waals surface area contributed by atoms with Gasteiger partial charge in [0.05, 0.1) is 24.8 Å². The molecule has 15 heteroatoms. The minimum Gasteiger partial charge on any atom is -0.770 e. The van der Waals surface area contributed by atoms with Crippen molar-refractivity contribution in [2.24, 2.45) is 23.0 Å². The number of hydrazine groups is 1. The number of nitrogens with one attached hydrogen (secondary N) is 1. The van der Waals surface area contributed by atoms with E-state index in [-0.39, 0.29) is 19.1 Å². The number of aromatic nitrogens is 2. The van der Waals surface area contributed by atoms with E-state index in [2.05, 4.69) is 10.3 Å². The molecule has 1 aliphatic heterocycles. The zero-order chi connectivity index (χ0) is 34.3. The second kappa shape index (κ2) is 13.9. The van der Waals surface area contributed by atoms with E-state index in [0.29, 0.717) is 68.3 Å². The number of fused-ring (bicyclic) bond motifs is 2. The van der Waals surface area contributed by atoms with Crippen LogP contribution in [0.4, 0.5) is 4.79 Å². The van der Waals surface area contributed by atoms with Gasteiger partial charge < -0.3 is 35.2 Å². The SMILES string of the molecule is COCCOc1ccc2c(O[C@@H]3C[C@@H](C(N)=O)N(N([O-])[C@@H](NC(=O)OC4C[C@@H]5C[C@@H]5C4)C(C)(C)C)C3)cc(-c3nc(C)cs3)nc2c1Cl. The Bertz CT molecular complexity index is 1660. The molecule has 1 saturated heterocycles. The molecule has 0 radical (unpaired) electrons. The molecule has 2 saturated carbocycles. The molecule has 1 unspecified atom stereocenters. The van der Waals surface area contributed by atoms with Crippen molar-refractivity contribution in [3.63, 3.8) is 0 Å². The van der Waals surface area contributed by atoms with E-state index in [1.54, 1.807) is 25.3 Å². The van der Waals surface area contributed by atoms with Crippen molar-refractivity contribution < 1.29 is 28.5 Å². The van der Waals surface area contributed by atoms with Crippen LogP contribution < -0.4 is 20.5 Å². The van der Waals surface area contributed by atoms with E-state index in [1.807, 2.05) is 33.1 Å². The Labute approximate surface area is 288 Å². The number of thiazole rings is 1. The first-order valence-electron chi connectivity index (χ1n) is 16.2. The van der Waals surface area contributed by atoms with Crippen molar-refractivity contribution in [3.8, 4) is 22.2 Å². The smallest absolute Gasteiger partial charge is 0.408 e. The van der Waals surface area contributed by atoms with Crippen LogP contribution in [0.2, 0.25) is 5.02 Å².